The molecule has 3 aromatic heterocycles. The van der Waals surface area contributed by atoms with Crippen LogP contribution in [-0.4, -0.2) is 30.8 Å². The van der Waals surface area contributed by atoms with Gasteiger partial charge in [-0.25, -0.2) is 9.97 Å². The van der Waals surface area contributed by atoms with Crippen LogP contribution in [0.3, 0.4) is 0 Å². The molecule has 0 saturated heterocycles. The molecule has 2 aliphatic rings. The van der Waals surface area contributed by atoms with E-state index >= 15 is 0 Å². The average molecular weight is 759 g/mol. The van der Waals surface area contributed by atoms with Gasteiger partial charge in [-0.2, -0.15) is 0 Å². The van der Waals surface area contributed by atoms with Gasteiger partial charge in [0, 0.05) is 44.3 Å². The molecule has 0 spiro atoms. The van der Waals surface area contributed by atoms with Crippen molar-refractivity contribution < 1.29 is 9.90 Å². The largest absolute Gasteiger partial charge is 0.392 e. The van der Waals surface area contributed by atoms with E-state index in [1.54, 1.807) is 6.92 Å². The summed E-state index contributed by atoms with van der Waals surface area (Å²) in [5.74, 6) is -0.0555. The number of aromatic amines is 2. The minimum Gasteiger partial charge on any atom is -0.392 e. The molecular formula is C51H58N4O2. The van der Waals surface area contributed by atoms with Gasteiger partial charge in [-0.15, -0.1) is 0 Å². The Balaban J connectivity index is 1.64. The van der Waals surface area contributed by atoms with Crippen molar-refractivity contribution in [3.05, 3.63) is 117 Å². The molecule has 0 atom stereocenters. The quantitative estimate of drug-likeness (QED) is 0.167. The third kappa shape index (κ3) is 7.85. The zero-order chi connectivity index (χ0) is 41.4. The number of fused-ring (bicyclic) bond motifs is 8. The summed E-state index contributed by atoms with van der Waals surface area (Å²) in [6.07, 6.45) is 5.98. The Morgan fingerprint density at radius 3 is 1.51 bits per heavy atom. The van der Waals surface area contributed by atoms with Crippen LogP contribution < -0.4 is 0 Å². The highest BCUT2D eigenvalue weighted by molar-refractivity contribution is 6.25. The molecular weight excluding hydrogens is 701 g/mol. The number of aromatic nitrogens is 4. The lowest BCUT2D eigenvalue weighted by molar-refractivity contribution is -0.111. The van der Waals surface area contributed by atoms with Crippen molar-refractivity contribution in [2.24, 2.45) is 0 Å². The topological polar surface area (TPSA) is 94.7 Å². The molecule has 6 heteroatoms. The zero-order valence-corrected chi connectivity index (χ0v) is 36.0. The van der Waals surface area contributed by atoms with Gasteiger partial charge in [0.05, 0.1) is 29.4 Å². The van der Waals surface area contributed by atoms with Gasteiger partial charge in [0.25, 0.3) is 0 Å². The molecule has 0 fully saturated rings. The van der Waals surface area contributed by atoms with Gasteiger partial charge in [-0.1, -0.05) is 119 Å². The number of carbonyl (C=O) groups is 1. The van der Waals surface area contributed by atoms with E-state index in [1.807, 2.05) is 30.4 Å². The second-order valence-electron chi connectivity index (χ2n) is 20.0. The molecule has 0 amide bonds. The van der Waals surface area contributed by atoms with Crippen molar-refractivity contribution in [1.82, 2.24) is 19.9 Å². The summed E-state index contributed by atoms with van der Waals surface area (Å²) >= 11 is 0. The molecule has 294 valence electrons. The van der Waals surface area contributed by atoms with Crippen molar-refractivity contribution in [3.63, 3.8) is 0 Å². The number of hydrogen-bond donors (Lipinski definition) is 3. The number of H-pyrrole nitrogens is 2. The normalized spacial score (nSPS) is 13.6. The van der Waals surface area contributed by atoms with Gasteiger partial charge < -0.3 is 15.1 Å². The number of rotatable bonds is 4. The second-order valence-corrected chi connectivity index (χ2v) is 20.0. The lowest BCUT2D eigenvalue weighted by Crippen LogP contribution is -2.16. The van der Waals surface area contributed by atoms with E-state index in [1.165, 1.54) is 22.3 Å². The first-order chi connectivity index (χ1) is 26.5. The minimum atomic E-state index is -0.211. The Morgan fingerprint density at radius 1 is 0.561 bits per heavy atom. The number of aliphatic hydroxyl groups excluding tert-OH is 1. The van der Waals surface area contributed by atoms with Crippen molar-refractivity contribution in [1.29, 1.82) is 0 Å². The first kappa shape index (κ1) is 39.9. The smallest absolute Gasteiger partial charge is 0.162 e. The van der Waals surface area contributed by atoms with Crippen LogP contribution in [0.15, 0.2) is 66.7 Å². The van der Waals surface area contributed by atoms with E-state index in [2.05, 4.69) is 148 Å². The Bertz CT molecular complexity index is 2610. The lowest BCUT2D eigenvalue weighted by Gasteiger charge is -2.26. The van der Waals surface area contributed by atoms with Crippen LogP contribution in [-0.2, 0) is 33.1 Å². The molecule has 7 rings (SSSR count). The molecule has 2 aliphatic heterocycles. The van der Waals surface area contributed by atoms with Crippen LogP contribution in [0.25, 0.3) is 68.1 Å². The summed E-state index contributed by atoms with van der Waals surface area (Å²) < 4.78 is 0. The molecule has 6 nitrogen and oxygen atoms in total. The molecule has 0 aliphatic carbocycles. The summed E-state index contributed by atoms with van der Waals surface area (Å²) in [7, 11) is 0. The highest BCUT2D eigenvalue weighted by Gasteiger charge is 2.26. The van der Waals surface area contributed by atoms with Crippen LogP contribution >= 0.6 is 0 Å². The van der Waals surface area contributed by atoms with Gasteiger partial charge in [-0.05, 0) is 111 Å². The monoisotopic (exact) mass is 758 g/mol. The first-order valence-corrected chi connectivity index (χ1v) is 20.1. The number of hydrogen-bond acceptors (Lipinski definition) is 4. The Hall–Kier alpha value is -5.33. The zero-order valence-electron chi connectivity index (χ0n) is 36.0. The van der Waals surface area contributed by atoms with Crippen molar-refractivity contribution in [2.75, 3.05) is 0 Å². The number of benzene rings is 2. The Morgan fingerprint density at radius 2 is 1.02 bits per heavy atom. The van der Waals surface area contributed by atoms with Gasteiger partial charge in [0.1, 0.15) is 0 Å². The summed E-state index contributed by atoms with van der Waals surface area (Å²) in [5.41, 5.74) is 15.8. The highest BCUT2D eigenvalue weighted by atomic mass is 16.3. The predicted octanol–water partition coefficient (Wildman–Crippen LogP) is 12.6. The molecule has 0 saturated carbocycles. The number of ketones is 1. The molecule has 5 heterocycles. The molecule has 3 N–H and O–H groups in total. The van der Waals surface area contributed by atoms with Crippen LogP contribution in [0.2, 0.25) is 0 Å². The number of carbonyl (C=O) groups excluding carboxylic acids is 1. The number of allylic oxidation sites excluding steroid dienone is 1. The maximum absolute atomic E-state index is 13.4. The predicted molar refractivity (Wildman–Crippen MR) is 240 cm³/mol. The van der Waals surface area contributed by atoms with Crippen LogP contribution in [0.1, 0.15) is 141 Å². The van der Waals surface area contributed by atoms with Gasteiger partial charge in [0.2, 0.25) is 0 Å². The number of nitrogens with one attached hydrogen (secondary N) is 2. The van der Waals surface area contributed by atoms with Crippen LogP contribution in [0, 0.1) is 0 Å². The third-order valence-corrected chi connectivity index (χ3v) is 11.3. The van der Waals surface area contributed by atoms with E-state index in [0.29, 0.717) is 28.2 Å². The van der Waals surface area contributed by atoms with E-state index < -0.39 is 0 Å². The van der Waals surface area contributed by atoms with Crippen molar-refractivity contribution in [2.45, 2.75) is 118 Å². The minimum absolute atomic E-state index is 0.0555. The SMILES string of the molecule is CC(=O)C1=Cc2nc1cc1ccc([nH]1)c(-c1cc(C(C)(C)C)cc(C(C)(C)C)c1)c1nc(c(CO)c3ccc([nH]3)c2-c2cc(C(C)(C)C)cc(C(C)(C)C)c2)C=C1. The Labute approximate surface area is 338 Å². The lowest BCUT2D eigenvalue weighted by atomic mass is 9.78. The standard InChI is InChI=1S/C51H58N4O2/c1-29(57)37-27-45-47(31-22-34(50(8,9)10)25-35(23-31)51(11,12)13)43-19-17-40(54-43)38(28-56)39-16-18-42(53-39)46(41-15-14-36(52-41)26-44(37)55-45)30-20-32(48(2,3)4)24-33(21-30)49(5,6)7/h14-27,52,54,56H,28H2,1-13H3. The second kappa shape index (κ2) is 13.9. The van der Waals surface area contributed by atoms with Gasteiger partial charge >= 0.3 is 0 Å². The maximum atomic E-state index is 13.4. The fourth-order valence-electron chi connectivity index (χ4n) is 7.59. The van der Waals surface area contributed by atoms with E-state index in [0.717, 1.165) is 50.0 Å². The van der Waals surface area contributed by atoms with Crippen LogP contribution in [0.5, 0.6) is 0 Å². The fourth-order valence-corrected chi connectivity index (χ4v) is 7.59. The average Bonchev–Trinajstić information content (AvgIpc) is 3.93. The number of aliphatic hydroxyl groups is 1. The molecule has 0 unspecified atom stereocenters. The molecule has 2 aromatic carbocycles. The summed E-state index contributed by atoms with van der Waals surface area (Å²) in [6.45, 7) is 28.3. The first-order valence-electron chi connectivity index (χ1n) is 20.1. The number of nitrogens with zero attached hydrogens (tertiary/aromatic N) is 2. The number of Topliss-reactive ketones (excluding diaryl/α,β-unsaturated/α-hetero) is 1. The summed E-state index contributed by atoms with van der Waals surface area (Å²) in [5, 5.41) is 11.0. The molecule has 0 radical (unpaired) electrons. The van der Waals surface area contributed by atoms with Crippen LogP contribution in [0.4, 0.5) is 0 Å². The van der Waals surface area contributed by atoms with Crippen molar-refractivity contribution >= 4 is 51.7 Å². The Kier molecular flexibility index (Phi) is 9.76. The van der Waals surface area contributed by atoms with E-state index in [-0.39, 0.29) is 34.1 Å². The van der Waals surface area contributed by atoms with E-state index in [4.69, 9.17) is 9.97 Å². The molecule has 5 aromatic rings. The highest BCUT2D eigenvalue weighted by Crippen LogP contribution is 2.40. The molecule has 57 heavy (non-hydrogen) atoms. The summed E-state index contributed by atoms with van der Waals surface area (Å²) in [4.78, 5) is 31.3. The van der Waals surface area contributed by atoms with Gasteiger partial charge in [-0.3, -0.25) is 4.79 Å². The third-order valence-electron chi connectivity index (χ3n) is 11.3. The van der Waals surface area contributed by atoms with E-state index in [9.17, 15) is 9.90 Å². The summed E-state index contributed by atoms with van der Waals surface area (Å²) in [6, 6.07) is 23.9. The van der Waals surface area contributed by atoms with Gasteiger partial charge in [0.15, 0.2) is 5.78 Å². The fraction of sp³-hybridized carbons (Fsp3) is 0.353. The molecule has 8 bridgehead atoms. The van der Waals surface area contributed by atoms with Crippen molar-refractivity contribution in [3.8, 4) is 22.3 Å². The maximum Gasteiger partial charge on any atom is 0.162 e.